The zero-order chi connectivity index (χ0) is 16.7. The van der Waals surface area contributed by atoms with Crippen molar-refractivity contribution in [2.24, 2.45) is 0 Å². The molecule has 5 heteroatoms. The van der Waals surface area contributed by atoms with E-state index in [1.807, 2.05) is 48.5 Å². The molecule has 0 aliphatic heterocycles. The molecule has 0 spiro atoms. The van der Waals surface area contributed by atoms with Crippen LogP contribution in [-0.2, 0) is 0 Å². The summed E-state index contributed by atoms with van der Waals surface area (Å²) in [5, 5.41) is 0.696. The number of hydrogen-bond donors (Lipinski definition) is 0. The summed E-state index contributed by atoms with van der Waals surface area (Å²) in [5.41, 5.74) is 4.21. The first kappa shape index (κ1) is 15.1. The number of fused-ring (bicyclic) bond motifs is 2. The van der Waals surface area contributed by atoms with E-state index in [9.17, 15) is 0 Å². The average molecular weight is 337 g/mol. The molecule has 0 amide bonds. The lowest BCUT2D eigenvalue weighted by molar-refractivity contribution is 0.547. The Morgan fingerprint density at radius 3 is 2.46 bits per heavy atom. The maximum Gasteiger partial charge on any atom is 0.198 e. The average Bonchev–Trinajstić information content (AvgIpc) is 2.97. The summed E-state index contributed by atoms with van der Waals surface area (Å²) in [6.07, 6.45) is 0.980. The van der Waals surface area contributed by atoms with E-state index >= 15 is 0 Å². The maximum absolute atomic E-state index is 6.18. The summed E-state index contributed by atoms with van der Waals surface area (Å²) in [6, 6.07) is 15.9. The first-order valence-corrected chi connectivity index (χ1v) is 8.46. The van der Waals surface area contributed by atoms with E-state index < -0.39 is 0 Å². The fraction of sp³-hybridized carbons (Fsp3) is 0.211. The molecule has 2 aromatic carbocycles. The molecule has 0 N–H and O–H groups in total. The largest absolute Gasteiger partial charge is 0.304 e. The highest BCUT2D eigenvalue weighted by Gasteiger charge is 2.19. The van der Waals surface area contributed by atoms with Crippen molar-refractivity contribution in [2.75, 3.05) is 0 Å². The monoisotopic (exact) mass is 336 g/mol. The molecule has 4 aromatic rings. The molecule has 1 atom stereocenters. The van der Waals surface area contributed by atoms with Crippen molar-refractivity contribution in [3.05, 3.63) is 53.6 Å². The van der Waals surface area contributed by atoms with Gasteiger partial charge in [0.15, 0.2) is 11.3 Å². The molecule has 0 unspecified atom stereocenters. The van der Waals surface area contributed by atoms with Gasteiger partial charge in [-0.1, -0.05) is 42.8 Å². The molecule has 4 nitrogen and oxygen atoms in total. The van der Waals surface area contributed by atoms with Crippen LogP contribution in [0.25, 0.3) is 33.7 Å². The van der Waals surface area contributed by atoms with Gasteiger partial charge in [0, 0.05) is 16.6 Å². The first-order chi connectivity index (χ1) is 11.7. The molecule has 0 saturated carbocycles. The smallest absolute Gasteiger partial charge is 0.198 e. The van der Waals surface area contributed by atoms with Gasteiger partial charge in [-0.25, -0.2) is 15.0 Å². The number of rotatable bonds is 3. The van der Waals surface area contributed by atoms with Crippen molar-refractivity contribution in [2.45, 2.75) is 26.3 Å². The van der Waals surface area contributed by atoms with Crippen molar-refractivity contribution in [3.8, 4) is 11.4 Å². The van der Waals surface area contributed by atoms with Crippen LogP contribution in [0.3, 0.4) is 0 Å². The van der Waals surface area contributed by atoms with E-state index in [-0.39, 0.29) is 6.04 Å². The van der Waals surface area contributed by atoms with Gasteiger partial charge < -0.3 is 4.57 Å². The van der Waals surface area contributed by atoms with E-state index in [4.69, 9.17) is 26.6 Å². The summed E-state index contributed by atoms with van der Waals surface area (Å²) in [7, 11) is 0. The zero-order valence-electron chi connectivity index (χ0n) is 13.6. The van der Waals surface area contributed by atoms with Gasteiger partial charge >= 0.3 is 0 Å². The number of hydrogen-bond acceptors (Lipinski definition) is 3. The summed E-state index contributed by atoms with van der Waals surface area (Å²) in [5.74, 6) is 0.858. The molecule has 4 rings (SSSR count). The van der Waals surface area contributed by atoms with Crippen LogP contribution in [0.4, 0.5) is 0 Å². The molecule has 0 saturated heterocycles. The number of para-hydroxylation sites is 2. The topological polar surface area (TPSA) is 43.6 Å². The van der Waals surface area contributed by atoms with Gasteiger partial charge in [0.1, 0.15) is 5.82 Å². The van der Waals surface area contributed by atoms with Crippen LogP contribution in [-0.4, -0.2) is 19.5 Å². The predicted octanol–water partition coefficient (Wildman–Crippen LogP) is 5.27. The van der Waals surface area contributed by atoms with Crippen molar-refractivity contribution >= 4 is 33.9 Å². The Kier molecular flexibility index (Phi) is 3.69. The Morgan fingerprint density at radius 2 is 1.75 bits per heavy atom. The normalized spacial score (nSPS) is 12.8. The second kappa shape index (κ2) is 5.87. The van der Waals surface area contributed by atoms with E-state index in [1.165, 1.54) is 0 Å². The van der Waals surface area contributed by atoms with Gasteiger partial charge in [0.25, 0.3) is 0 Å². The molecule has 0 aliphatic carbocycles. The Hall–Kier alpha value is -2.46. The maximum atomic E-state index is 6.18. The minimum absolute atomic E-state index is 0.263. The number of benzene rings is 2. The highest BCUT2D eigenvalue weighted by atomic mass is 35.5. The van der Waals surface area contributed by atoms with Crippen molar-refractivity contribution in [1.29, 1.82) is 0 Å². The van der Waals surface area contributed by atoms with Crippen molar-refractivity contribution in [3.63, 3.8) is 0 Å². The van der Waals surface area contributed by atoms with Gasteiger partial charge in [-0.2, -0.15) is 0 Å². The standard InChI is InChI=1S/C19H17ClN4/c1-3-12(2)24-18(13-7-6-8-14(20)11-13)23-17-19(24)22-16-10-5-4-9-15(16)21-17/h4-12H,3H2,1-2H3/t12-/m0/s1. The van der Waals surface area contributed by atoms with Crippen LogP contribution in [0.2, 0.25) is 5.02 Å². The van der Waals surface area contributed by atoms with Crippen LogP contribution in [0.1, 0.15) is 26.3 Å². The quantitative estimate of drug-likeness (QED) is 0.511. The molecule has 0 aliphatic rings. The Morgan fingerprint density at radius 1 is 1.00 bits per heavy atom. The number of imidazole rings is 1. The van der Waals surface area contributed by atoms with Gasteiger partial charge in [-0.15, -0.1) is 0 Å². The number of halogens is 1. The fourth-order valence-electron chi connectivity index (χ4n) is 2.90. The molecule has 2 aromatic heterocycles. The fourth-order valence-corrected chi connectivity index (χ4v) is 3.09. The van der Waals surface area contributed by atoms with Gasteiger partial charge in [0.05, 0.1) is 11.0 Å². The molecule has 0 fully saturated rings. The molecular weight excluding hydrogens is 320 g/mol. The number of nitrogens with zero attached hydrogens (tertiary/aromatic N) is 4. The van der Waals surface area contributed by atoms with Crippen LogP contribution in [0.5, 0.6) is 0 Å². The van der Waals surface area contributed by atoms with E-state index in [2.05, 4.69) is 18.4 Å². The van der Waals surface area contributed by atoms with E-state index in [0.29, 0.717) is 10.7 Å². The SMILES string of the molecule is CC[C@H](C)n1c(-c2cccc(Cl)c2)nc2nc3ccccc3nc21. The molecule has 0 bridgehead atoms. The summed E-state index contributed by atoms with van der Waals surface area (Å²) in [4.78, 5) is 14.3. The Labute approximate surface area is 145 Å². The third kappa shape index (κ3) is 2.43. The Bertz CT molecular complexity index is 1040. The van der Waals surface area contributed by atoms with Crippen LogP contribution in [0, 0.1) is 0 Å². The minimum atomic E-state index is 0.263. The van der Waals surface area contributed by atoms with Crippen molar-refractivity contribution < 1.29 is 0 Å². The second-order valence-corrected chi connectivity index (χ2v) is 6.37. The predicted molar refractivity (Wildman–Crippen MR) is 98.3 cm³/mol. The first-order valence-electron chi connectivity index (χ1n) is 8.08. The zero-order valence-corrected chi connectivity index (χ0v) is 14.3. The highest BCUT2D eigenvalue weighted by Crippen LogP contribution is 2.30. The molecule has 24 heavy (non-hydrogen) atoms. The van der Waals surface area contributed by atoms with Crippen LogP contribution >= 0.6 is 11.6 Å². The lowest BCUT2D eigenvalue weighted by Crippen LogP contribution is -2.07. The second-order valence-electron chi connectivity index (χ2n) is 5.93. The lowest BCUT2D eigenvalue weighted by atomic mass is 10.2. The summed E-state index contributed by atoms with van der Waals surface area (Å²) < 4.78 is 2.17. The molecule has 120 valence electrons. The molecular formula is C19H17ClN4. The third-order valence-electron chi connectivity index (χ3n) is 4.32. The minimum Gasteiger partial charge on any atom is -0.304 e. The lowest BCUT2D eigenvalue weighted by Gasteiger charge is -2.15. The molecule has 2 heterocycles. The summed E-state index contributed by atoms with van der Waals surface area (Å²) >= 11 is 6.18. The Balaban J connectivity index is 2.06. The van der Waals surface area contributed by atoms with E-state index in [0.717, 1.165) is 34.5 Å². The van der Waals surface area contributed by atoms with Gasteiger partial charge in [-0.3, -0.25) is 0 Å². The van der Waals surface area contributed by atoms with Gasteiger partial charge in [-0.05, 0) is 37.6 Å². The third-order valence-corrected chi connectivity index (χ3v) is 4.55. The molecule has 0 radical (unpaired) electrons. The number of aromatic nitrogens is 4. The van der Waals surface area contributed by atoms with Crippen molar-refractivity contribution in [1.82, 2.24) is 19.5 Å². The van der Waals surface area contributed by atoms with E-state index in [1.54, 1.807) is 0 Å². The van der Waals surface area contributed by atoms with Crippen LogP contribution in [0.15, 0.2) is 48.5 Å². The highest BCUT2D eigenvalue weighted by molar-refractivity contribution is 6.30. The summed E-state index contributed by atoms with van der Waals surface area (Å²) in [6.45, 7) is 4.33. The van der Waals surface area contributed by atoms with Gasteiger partial charge in [0.2, 0.25) is 0 Å². The van der Waals surface area contributed by atoms with Crippen LogP contribution < -0.4 is 0 Å².